The van der Waals surface area contributed by atoms with Crippen LogP contribution in [-0.4, -0.2) is 39.5 Å². The molecule has 0 spiro atoms. The highest BCUT2D eigenvalue weighted by Gasteiger charge is 2.28. The molecule has 1 amide bonds. The first-order chi connectivity index (χ1) is 11.8. The summed E-state index contributed by atoms with van der Waals surface area (Å²) in [5.74, 6) is -0.0409. The van der Waals surface area contributed by atoms with Gasteiger partial charge in [-0.3, -0.25) is 4.79 Å². The smallest absolute Gasteiger partial charge is 0.241 e. The lowest BCUT2D eigenvalue weighted by Crippen LogP contribution is -2.52. The van der Waals surface area contributed by atoms with Gasteiger partial charge in [0, 0.05) is 6.04 Å². The maximum atomic E-state index is 12.7. The second-order valence-electron chi connectivity index (χ2n) is 7.15. The van der Waals surface area contributed by atoms with Crippen LogP contribution in [0.3, 0.4) is 0 Å². The lowest BCUT2D eigenvalue weighted by molar-refractivity contribution is -0.124. The Morgan fingerprint density at radius 2 is 1.80 bits per heavy atom. The van der Waals surface area contributed by atoms with Gasteiger partial charge in [-0.05, 0) is 57.3 Å². The van der Waals surface area contributed by atoms with Gasteiger partial charge in [0.15, 0.2) is 0 Å². The molecule has 6 nitrogen and oxygen atoms in total. The summed E-state index contributed by atoms with van der Waals surface area (Å²) in [6, 6.07) is 5.97. The third-order valence-corrected chi connectivity index (χ3v) is 5.83. The van der Waals surface area contributed by atoms with Crippen LogP contribution in [0.15, 0.2) is 29.2 Å². The average Bonchev–Trinajstić information content (AvgIpc) is 2.55. The number of carbonyl (C=O) groups excluding carboxylic acids is 1. The molecule has 1 heterocycles. The fourth-order valence-electron chi connectivity index (χ4n) is 2.92. The van der Waals surface area contributed by atoms with Crippen molar-refractivity contribution in [1.29, 1.82) is 0 Å². The van der Waals surface area contributed by atoms with Crippen molar-refractivity contribution in [3.63, 3.8) is 0 Å². The second-order valence-corrected chi connectivity index (χ2v) is 8.86. The fourth-order valence-corrected chi connectivity index (χ4v) is 4.13. The van der Waals surface area contributed by atoms with Crippen molar-refractivity contribution < 1.29 is 13.2 Å². The zero-order valence-electron chi connectivity index (χ0n) is 15.2. The highest BCUT2D eigenvalue weighted by Crippen LogP contribution is 2.14. The quantitative estimate of drug-likeness (QED) is 0.682. The number of hydrogen-bond donors (Lipinski definition) is 3. The Morgan fingerprint density at radius 1 is 1.20 bits per heavy atom. The van der Waals surface area contributed by atoms with Gasteiger partial charge >= 0.3 is 0 Å². The zero-order valence-corrected chi connectivity index (χ0v) is 16.0. The van der Waals surface area contributed by atoms with Crippen LogP contribution in [0.4, 0.5) is 0 Å². The Labute approximate surface area is 150 Å². The van der Waals surface area contributed by atoms with E-state index in [0.717, 1.165) is 31.5 Å². The maximum Gasteiger partial charge on any atom is 0.241 e. The van der Waals surface area contributed by atoms with E-state index in [4.69, 9.17) is 0 Å². The Hall–Kier alpha value is -1.44. The molecule has 1 fully saturated rings. The van der Waals surface area contributed by atoms with Crippen molar-refractivity contribution in [2.45, 2.75) is 57.0 Å². The average molecular weight is 368 g/mol. The monoisotopic (exact) mass is 367 g/mol. The minimum Gasteiger partial charge on any atom is -0.352 e. The van der Waals surface area contributed by atoms with Crippen LogP contribution in [0, 0.1) is 12.8 Å². The summed E-state index contributed by atoms with van der Waals surface area (Å²) < 4.78 is 27.9. The van der Waals surface area contributed by atoms with E-state index in [2.05, 4.69) is 15.4 Å². The second kappa shape index (κ2) is 8.78. The summed E-state index contributed by atoms with van der Waals surface area (Å²) in [6.07, 6.45) is 2.19. The van der Waals surface area contributed by atoms with E-state index < -0.39 is 16.1 Å². The topological polar surface area (TPSA) is 87.3 Å². The van der Waals surface area contributed by atoms with Crippen molar-refractivity contribution in [3.8, 4) is 0 Å². The van der Waals surface area contributed by atoms with Crippen LogP contribution < -0.4 is 15.4 Å². The maximum absolute atomic E-state index is 12.7. The number of piperidine rings is 1. The van der Waals surface area contributed by atoms with Gasteiger partial charge in [0.1, 0.15) is 6.04 Å². The number of aryl methyl sites for hydroxylation is 1. The molecule has 1 aromatic rings. The molecule has 1 aromatic carbocycles. The molecule has 140 valence electrons. The molecular formula is C18H29N3O3S. The number of rotatable bonds is 7. The first kappa shape index (κ1) is 19.9. The number of benzene rings is 1. The molecule has 1 saturated heterocycles. The SMILES string of the molecule is Cc1ccc(S(=O)(=O)NC(CC(C)C)C(=O)NC2CCNCC2)cc1. The van der Waals surface area contributed by atoms with E-state index in [9.17, 15) is 13.2 Å². The summed E-state index contributed by atoms with van der Waals surface area (Å²) in [6.45, 7) is 7.59. The predicted molar refractivity (Wildman–Crippen MR) is 98.8 cm³/mol. The molecule has 3 N–H and O–H groups in total. The van der Waals surface area contributed by atoms with Crippen molar-refractivity contribution in [2.75, 3.05) is 13.1 Å². The minimum atomic E-state index is -3.73. The van der Waals surface area contributed by atoms with Crippen LogP contribution in [-0.2, 0) is 14.8 Å². The standard InChI is InChI=1S/C18H29N3O3S/c1-13(2)12-17(18(22)20-15-8-10-19-11-9-15)21-25(23,24)16-6-4-14(3)5-7-16/h4-7,13,15,17,19,21H,8-12H2,1-3H3,(H,20,22). The first-order valence-corrected chi connectivity index (χ1v) is 10.4. The molecule has 0 radical (unpaired) electrons. The van der Waals surface area contributed by atoms with Gasteiger partial charge in [-0.2, -0.15) is 4.72 Å². The van der Waals surface area contributed by atoms with Crippen molar-refractivity contribution in [2.24, 2.45) is 5.92 Å². The molecule has 2 rings (SSSR count). The lowest BCUT2D eigenvalue weighted by Gasteiger charge is -2.27. The lowest BCUT2D eigenvalue weighted by atomic mass is 10.0. The number of nitrogens with one attached hydrogen (secondary N) is 3. The predicted octanol–water partition coefficient (Wildman–Crippen LogP) is 1.56. The summed E-state index contributed by atoms with van der Waals surface area (Å²) in [7, 11) is -3.73. The van der Waals surface area contributed by atoms with Crippen molar-refractivity contribution >= 4 is 15.9 Å². The summed E-state index contributed by atoms with van der Waals surface area (Å²) in [5, 5.41) is 6.25. The van der Waals surface area contributed by atoms with E-state index in [1.807, 2.05) is 20.8 Å². The number of carbonyl (C=O) groups is 1. The van der Waals surface area contributed by atoms with Crippen molar-refractivity contribution in [1.82, 2.24) is 15.4 Å². The highest BCUT2D eigenvalue weighted by molar-refractivity contribution is 7.89. The van der Waals surface area contributed by atoms with E-state index >= 15 is 0 Å². The first-order valence-electron chi connectivity index (χ1n) is 8.88. The Balaban J connectivity index is 2.10. The molecule has 0 aliphatic carbocycles. The number of hydrogen-bond acceptors (Lipinski definition) is 4. The largest absolute Gasteiger partial charge is 0.352 e. The summed E-state index contributed by atoms with van der Waals surface area (Å²) in [4.78, 5) is 12.8. The summed E-state index contributed by atoms with van der Waals surface area (Å²) >= 11 is 0. The van der Waals surface area contributed by atoms with Gasteiger partial charge in [0.25, 0.3) is 0 Å². The molecule has 1 unspecified atom stereocenters. The third kappa shape index (κ3) is 6.09. The van der Waals surface area contributed by atoms with Gasteiger partial charge in [-0.25, -0.2) is 8.42 Å². The molecule has 7 heteroatoms. The molecule has 25 heavy (non-hydrogen) atoms. The molecule has 0 bridgehead atoms. The van der Waals surface area contributed by atoms with Gasteiger partial charge in [0.05, 0.1) is 4.90 Å². The van der Waals surface area contributed by atoms with Crippen LogP contribution >= 0.6 is 0 Å². The Kier molecular flexibility index (Phi) is 6.98. The van der Waals surface area contributed by atoms with E-state index in [1.165, 1.54) is 0 Å². The molecule has 0 saturated carbocycles. The molecule has 1 aliphatic rings. The van der Waals surface area contributed by atoms with Crippen molar-refractivity contribution in [3.05, 3.63) is 29.8 Å². The van der Waals surface area contributed by atoms with Gasteiger partial charge < -0.3 is 10.6 Å². The van der Waals surface area contributed by atoms with E-state index in [0.29, 0.717) is 6.42 Å². The zero-order chi connectivity index (χ0) is 18.4. The van der Waals surface area contributed by atoms with Crippen LogP contribution in [0.5, 0.6) is 0 Å². The van der Waals surface area contributed by atoms with Gasteiger partial charge in [-0.1, -0.05) is 31.5 Å². The Morgan fingerprint density at radius 3 is 2.36 bits per heavy atom. The molecule has 0 aromatic heterocycles. The van der Waals surface area contributed by atoms with Crippen LogP contribution in [0.2, 0.25) is 0 Å². The molecule has 1 aliphatic heterocycles. The summed E-state index contributed by atoms with van der Waals surface area (Å²) in [5.41, 5.74) is 0.987. The number of sulfonamides is 1. The van der Waals surface area contributed by atoms with Crippen LogP contribution in [0.25, 0.3) is 0 Å². The van der Waals surface area contributed by atoms with Crippen LogP contribution in [0.1, 0.15) is 38.7 Å². The fraction of sp³-hybridized carbons (Fsp3) is 0.611. The van der Waals surface area contributed by atoms with E-state index in [1.54, 1.807) is 24.3 Å². The minimum absolute atomic E-state index is 0.104. The normalized spacial score (nSPS) is 17.4. The Bertz CT molecular complexity index is 665. The van der Waals surface area contributed by atoms with Gasteiger partial charge in [-0.15, -0.1) is 0 Å². The highest BCUT2D eigenvalue weighted by atomic mass is 32.2. The molecular weight excluding hydrogens is 338 g/mol. The van der Waals surface area contributed by atoms with E-state index in [-0.39, 0.29) is 22.8 Å². The third-order valence-electron chi connectivity index (χ3n) is 4.34. The number of amides is 1. The van der Waals surface area contributed by atoms with Gasteiger partial charge in [0.2, 0.25) is 15.9 Å². The molecule has 1 atom stereocenters.